The Kier molecular flexibility index (Phi) is 5.39. The van der Waals surface area contributed by atoms with E-state index >= 15 is 0 Å². The first-order valence-electron chi connectivity index (χ1n) is 9.65. The molecule has 1 N–H and O–H groups in total. The van der Waals surface area contributed by atoms with Crippen LogP contribution in [0.3, 0.4) is 0 Å². The SMILES string of the molecule is O=C(c1cn[nH]c1C1CCCN(S(=O)(=O)c2ccc(F)c(F)c2)C1)N1CCCC1. The van der Waals surface area contributed by atoms with Gasteiger partial charge in [-0.05, 0) is 43.9 Å². The van der Waals surface area contributed by atoms with Gasteiger partial charge < -0.3 is 4.90 Å². The van der Waals surface area contributed by atoms with Crippen molar-refractivity contribution in [2.24, 2.45) is 0 Å². The van der Waals surface area contributed by atoms with Crippen molar-refractivity contribution < 1.29 is 22.0 Å². The number of H-pyrrole nitrogens is 1. The summed E-state index contributed by atoms with van der Waals surface area (Å²) in [6, 6.07) is 2.58. The highest BCUT2D eigenvalue weighted by atomic mass is 32.2. The molecule has 0 aliphatic carbocycles. The zero-order valence-electron chi connectivity index (χ0n) is 15.8. The first-order chi connectivity index (χ1) is 13.9. The predicted octanol–water partition coefficient (Wildman–Crippen LogP) is 2.49. The van der Waals surface area contributed by atoms with Crippen molar-refractivity contribution in [2.75, 3.05) is 26.2 Å². The van der Waals surface area contributed by atoms with Gasteiger partial charge in [0.1, 0.15) is 0 Å². The number of carbonyl (C=O) groups excluding carboxylic acids is 1. The summed E-state index contributed by atoms with van der Waals surface area (Å²) in [6.45, 7) is 1.85. The maximum absolute atomic E-state index is 13.6. The van der Waals surface area contributed by atoms with E-state index in [2.05, 4.69) is 10.2 Å². The van der Waals surface area contributed by atoms with E-state index in [0.717, 1.165) is 25.0 Å². The van der Waals surface area contributed by atoms with Crippen LogP contribution in [0, 0.1) is 11.6 Å². The number of halogens is 2. The Labute approximate surface area is 167 Å². The monoisotopic (exact) mass is 424 g/mol. The number of hydrogen-bond acceptors (Lipinski definition) is 4. The number of aromatic nitrogens is 2. The number of nitrogens with zero attached hydrogens (tertiary/aromatic N) is 3. The highest BCUT2D eigenvalue weighted by Gasteiger charge is 2.34. The van der Waals surface area contributed by atoms with E-state index in [9.17, 15) is 22.0 Å². The molecule has 29 heavy (non-hydrogen) atoms. The molecule has 7 nitrogen and oxygen atoms in total. The molecule has 1 unspecified atom stereocenters. The van der Waals surface area contributed by atoms with Gasteiger partial charge in [0, 0.05) is 32.1 Å². The summed E-state index contributed by atoms with van der Waals surface area (Å²) in [6.07, 6.45) is 4.74. The average molecular weight is 424 g/mol. The number of nitrogens with one attached hydrogen (secondary N) is 1. The van der Waals surface area contributed by atoms with Gasteiger partial charge in [-0.25, -0.2) is 17.2 Å². The molecule has 1 atom stereocenters. The van der Waals surface area contributed by atoms with Gasteiger partial charge in [-0.2, -0.15) is 9.40 Å². The van der Waals surface area contributed by atoms with Crippen LogP contribution in [0.2, 0.25) is 0 Å². The Balaban J connectivity index is 1.57. The lowest BCUT2D eigenvalue weighted by Crippen LogP contribution is -2.39. The van der Waals surface area contributed by atoms with E-state index in [1.165, 1.54) is 10.5 Å². The summed E-state index contributed by atoms with van der Waals surface area (Å²) in [5.41, 5.74) is 1.11. The Morgan fingerprint density at radius 3 is 2.59 bits per heavy atom. The van der Waals surface area contributed by atoms with Crippen molar-refractivity contribution in [1.29, 1.82) is 0 Å². The van der Waals surface area contributed by atoms with Crippen LogP contribution in [0.1, 0.15) is 47.7 Å². The van der Waals surface area contributed by atoms with E-state index in [4.69, 9.17) is 0 Å². The topological polar surface area (TPSA) is 86.4 Å². The number of benzene rings is 1. The first-order valence-corrected chi connectivity index (χ1v) is 11.1. The van der Waals surface area contributed by atoms with Crippen molar-refractivity contribution in [1.82, 2.24) is 19.4 Å². The second-order valence-corrected chi connectivity index (χ2v) is 9.41. The molecule has 0 saturated carbocycles. The van der Waals surface area contributed by atoms with Crippen LogP contribution in [0.5, 0.6) is 0 Å². The van der Waals surface area contributed by atoms with E-state index < -0.39 is 21.7 Å². The second kappa shape index (κ2) is 7.83. The van der Waals surface area contributed by atoms with Crippen LogP contribution in [0.15, 0.2) is 29.3 Å². The van der Waals surface area contributed by atoms with Crippen molar-refractivity contribution in [3.63, 3.8) is 0 Å². The molecule has 4 rings (SSSR count). The van der Waals surface area contributed by atoms with Crippen molar-refractivity contribution in [3.8, 4) is 0 Å². The van der Waals surface area contributed by atoms with Crippen LogP contribution in [-0.4, -0.2) is 59.9 Å². The lowest BCUT2D eigenvalue weighted by Gasteiger charge is -2.32. The van der Waals surface area contributed by atoms with Crippen LogP contribution >= 0.6 is 0 Å². The quantitative estimate of drug-likeness (QED) is 0.817. The number of piperidine rings is 1. The summed E-state index contributed by atoms with van der Waals surface area (Å²) in [7, 11) is -3.98. The molecule has 2 aromatic rings. The predicted molar refractivity (Wildman–Crippen MR) is 101 cm³/mol. The summed E-state index contributed by atoms with van der Waals surface area (Å²) < 4.78 is 53.9. The van der Waals surface area contributed by atoms with E-state index in [0.29, 0.717) is 43.3 Å². The van der Waals surface area contributed by atoms with Gasteiger partial charge in [0.05, 0.1) is 22.3 Å². The average Bonchev–Trinajstić information content (AvgIpc) is 3.42. The third kappa shape index (κ3) is 3.78. The molecular weight excluding hydrogens is 402 g/mol. The van der Waals surface area contributed by atoms with E-state index in [1.54, 1.807) is 4.90 Å². The third-order valence-corrected chi connectivity index (χ3v) is 7.47. The van der Waals surface area contributed by atoms with Gasteiger partial charge in [-0.15, -0.1) is 0 Å². The minimum atomic E-state index is -3.98. The van der Waals surface area contributed by atoms with Gasteiger partial charge in [0.15, 0.2) is 11.6 Å². The fraction of sp³-hybridized carbons (Fsp3) is 0.474. The molecule has 1 amide bonds. The van der Waals surface area contributed by atoms with Gasteiger partial charge >= 0.3 is 0 Å². The fourth-order valence-corrected chi connectivity index (χ4v) is 5.59. The van der Waals surface area contributed by atoms with Crippen LogP contribution in [0.4, 0.5) is 8.78 Å². The zero-order valence-corrected chi connectivity index (χ0v) is 16.6. The molecule has 1 aromatic carbocycles. The molecule has 0 bridgehead atoms. The molecule has 156 valence electrons. The molecule has 2 aliphatic heterocycles. The fourth-order valence-electron chi connectivity index (χ4n) is 4.05. The number of sulfonamides is 1. The summed E-state index contributed by atoms with van der Waals surface area (Å²) >= 11 is 0. The normalized spacial score (nSPS) is 20.9. The molecule has 10 heteroatoms. The van der Waals surface area contributed by atoms with Gasteiger partial charge in [-0.3, -0.25) is 9.89 Å². The van der Waals surface area contributed by atoms with E-state index in [-0.39, 0.29) is 29.8 Å². The van der Waals surface area contributed by atoms with Gasteiger partial charge in [0.2, 0.25) is 10.0 Å². The summed E-state index contributed by atoms with van der Waals surface area (Å²) in [4.78, 5) is 14.3. The minimum Gasteiger partial charge on any atom is -0.339 e. The number of likely N-dealkylation sites (tertiary alicyclic amines) is 1. The maximum Gasteiger partial charge on any atom is 0.257 e. The molecule has 2 fully saturated rings. The smallest absolute Gasteiger partial charge is 0.257 e. The molecule has 2 saturated heterocycles. The number of carbonyl (C=O) groups is 1. The lowest BCUT2D eigenvalue weighted by atomic mass is 9.93. The standard InChI is InChI=1S/C19H22F2N4O3S/c20-16-6-5-14(10-17(16)21)29(27,28)25-9-3-4-13(12-25)18-15(11-22-23-18)19(26)24-7-1-2-8-24/h5-6,10-11,13H,1-4,7-9,12H2,(H,22,23). The summed E-state index contributed by atoms with van der Waals surface area (Å²) in [5, 5.41) is 6.90. The first kappa shape index (κ1) is 20.0. The maximum atomic E-state index is 13.6. The van der Waals surface area contributed by atoms with Crippen molar-refractivity contribution in [2.45, 2.75) is 36.5 Å². The number of hydrogen-bond donors (Lipinski definition) is 1. The molecule has 2 aliphatic rings. The molecule has 1 aromatic heterocycles. The minimum absolute atomic E-state index is 0.0909. The number of rotatable bonds is 4. The summed E-state index contributed by atoms with van der Waals surface area (Å²) in [5.74, 6) is -2.62. The number of amides is 1. The third-order valence-electron chi connectivity index (χ3n) is 5.61. The van der Waals surface area contributed by atoms with Gasteiger partial charge in [0.25, 0.3) is 5.91 Å². The Morgan fingerprint density at radius 1 is 1.10 bits per heavy atom. The molecule has 0 spiro atoms. The van der Waals surface area contributed by atoms with E-state index in [1.807, 2.05) is 0 Å². The van der Waals surface area contributed by atoms with Gasteiger partial charge in [-0.1, -0.05) is 0 Å². The van der Waals surface area contributed by atoms with Crippen molar-refractivity contribution >= 4 is 15.9 Å². The highest BCUT2D eigenvalue weighted by molar-refractivity contribution is 7.89. The lowest BCUT2D eigenvalue weighted by molar-refractivity contribution is 0.0791. The second-order valence-electron chi connectivity index (χ2n) is 7.47. The van der Waals surface area contributed by atoms with Crippen LogP contribution in [-0.2, 0) is 10.0 Å². The Bertz CT molecular complexity index is 1020. The molecule has 0 radical (unpaired) electrons. The Hall–Kier alpha value is -2.33. The van der Waals surface area contributed by atoms with Crippen molar-refractivity contribution in [3.05, 3.63) is 47.3 Å². The molecule has 3 heterocycles. The largest absolute Gasteiger partial charge is 0.339 e. The number of aromatic amines is 1. The Morgan fingerprint density at radius 2 is 1.86 bits per heavy atom. The zero-order chi connectivity index (χ0) is 20.6. The molecular formula is C19H22F2N4O3S. The van der Waals surface area contributed by atoms with Crippen LogP contribution < -0.4 is 0 Å². The highest BCUT2D eigenvalue weighted by Crippen LogP contribution is 2.32. The van der Waals surface area contributed by atoms with Crippen LogP contribution in [0.25, 0.3) is 0 Å².